The van der Waals surface area contributed by atoms with Crippen molar-refractivity contribution in [2.45, 2.75) is 57.5 Å². The Morgan fingerprint density at radius 3 is 1.84 bits per heavy atom. The normalized spacial score (nSPS) is 27.1. The van der Waals surface area contributed by atoms with Gasteiger partial charge in [-0.1, -0.05) is 60.7 Å². The summed E-state index contributed by atoms with van der Waals surface area (Å²) in [5.41, 5.74) is 2.13. The molecule has 2 aliphatic heterocycles. The smallest absolute Gasteiger partial charge is 0.303 e. The second-order valence-electron chi connectivity index (χ2n) is 8.26. The fourth-order valence-corrected chi connectivity index (χ4v) is 4.58. The number of hydrogen-bond donors (Lipinski definition) is 0. The molecule has 7 heteroatoms. The van der Waals surface area contributed by atoms with Gasteiger partial charge in [0.05, 0.1) is 25.4 Å². The summed E-state index contributed by atoms with van der Waals surface area (Å²) >= 11 is 0. The van der Waals surface area contributed by atoms with Crippen molar-refractivity contribution >= 4 is 11.9 Å². The maximum Gasteiger partial charge on any atom is 0.303 e. The van der Waals surface area contributed by atoms with E-state index in [1.54, 1.807) is 0 Å². The summed E-state index contributed by atoms with van der Waals surface area (Å²) in [7, 11) is 0. The van der Waals surface area contributed by atoms with E-state index < -0.39 is 24.1 Å². The zero-order chi connectivity index (χ0) is 22.5. The van der Waals surface area contributed by atoms with Crippen LogP contribution in [-0.2, 0) is 41.8 Å². The molecule has 0 radical (unpaired) electrons. The summed E-state index contributed by atoms with van der Waals surface area (Å²) in [5.74, 6) is -0.809. The number of benzene rings is 2. The molecule has 2 fully saturated rings. The molecule has 32 heavy (non-hydrogen) atoms. The standard InChI is InChI=1S/C25H29NO6/c1-17(27)31-22-14-26-13-21(29-15-19-9-5-3-6-10-19)24(23(26)25(22)32-18(2)28)30-16-20-11-7-4-8-12-20/h3-12,21-25H,13-16H2,1-2H3/t21-,22+,23+,24+,25+/m0/s1. The first-order valence-corrected chi connectivity index (χ1v) is 10.9. The first-order valence-electron chi connectivity index (χ1n) is 10.9. The highest BCUT2D eigenvalue weighted by molar-refractivity contribution is 5.67. The summed E-state index contributed by atoms with van der Waals surface area (Å²) < 4.78 is 23.8. The number of carbonyl (C=O) groups excluding carboxylic acids is 2. The molecule has 2 heterocycles. The van der Waals surface area contributed by atoms with Crippen LogP contribution in [0.5, 0.6) is 0 Å². The van der Waals surface area contributed by atoms with Gasteiger partial charge in [0.25, 0.3) is 0 Å². The molecule has 0 spiro atoms. The first kappa shape index (κ1) is 22.5. The van der Waals surface area contributed by atoms with Crippen molar-refractivity contribution in [3.63, 3.8) is 0 Å². The van der Waals surface area contributed by atoms with Crippen LogP contribution < -0.4 is 0 Å². The summed E-state index contributed by atoms with van der Waals surface area (Å²) in [6, 6.07) is 19.6. The van der Waals surface area contributed by atoms with Crippen LogP contribution in [0.15, 0.2) is 60.7 Å². The summed E-state index contributed by atoms with van der Waals surface area (Å²) in [5, 5.41) is 0. The Balaban J connectivity index is 1.53. The Labute approximate surface area is 188 Å². The zero-order valence-electron chi connectivity index (χ0n) is 18.4. The molecular weight excluding hydrogens is 410 g/mol. The van der Waals surface area contributed by atoms with Gasteiger partial charge in [-0.3, -0.25) is 14.5 Å². The van der Waals surface area contributed by atoms with E-state index in [1.165, 1.54) is 13.8 Å². The molecule has 2 aliphatic rings. The third-order valence-electron chi connectivity index (χ3n) is 5.87. The molecule has 0 amide bonds. The Morgan fingerprint density at radius 2 is 1.28 bits per heavy atom. The zero-order valence-corrected chi connectivity index (χ0v) is 18.4. The molecule has 170 valence electrons. The van der Waals surface area contributed by atoms with Crippen molar-refractivity contribution in [1.29, 1.82) is 0 Å². The Hall–Kier alpha value is -2.74. The lowest BCUT2D eigenvalue weighted by atomic mass is 10.0. The third-order valence-corrected chi connectivity index (χ3v) is 5.87. The molecule has 4 rings (SSSR count). The van der Waals surface area contributed by atoms with Crippen molar-refractivity contribution in [2.24, 2.45) is 0 Å². The van der Waals surface area contributed by atoms with Crippen molar-refractivity contribution in [2.75, 3.05) is 13.1 Å². The van der Waals surface area contributed by atoms with E-state index in [9.17, 15) is 9.59 Å². The average molecular weight is 440 g/mol. The van der Waals surface area contributed by atoms with Gasteiger partial charge in [0.1, 0.15) is 6.10 Å². The summed E-state index contributed by atoms with van der Waals surface area (Å²) in [4.78, 5) is 25.6. The first-order chi connectivity index (χ1) is 15.5. The van der Waals surface area contributed by atoms with Gasteiger partial charge < -0.3 is 18.9 Å². The van der Waals surface area contributed by atoms with Gasteiger partial charge in [0, 0.05) is 26.9 Å². The largest absolute Gasteiger partial charge is 0.457 e. The van der Waals surface area contributed by atoms with Crippen molar-refractivity contribution in [3.8, 4) is 0 Å². The maximum absolute atomic E-state index is 11.8. The van der Waals surface area contributed by atoms with Crippen LogP contribution in [0.1, 0.15) is 25.0 Å². The van der Waals surface area contributed by atoms with E-state index in [0.29, 0.717) is 26.3 Å². The number of ether oxygens (including phenoxy) is 4. The molecule has 5 atom stereocenters. The highest BCUT2D eigenvalue weighted by Crippen LogP contribution is 2.36. The van der Waals surface area contributed by atoms with Crippen molar-refractivity contribution in [3.05, 3.63) is 71.8 Å². The van der Waals surface area contributed by atoms with Gasteiger partial charge >= 0.3 is 11.9 Å². The molecule has 2 aromatic carbocycles. The Morgan fingerprint density at radius 1 is 0.750 bits per heavy atom. The van der Waals surface area contributed by atoms with E-state index >= 15 is 0 Å². The minimum absolute atomic E-state index is 0.208. The molecular formula is C25H29NO6. The SMILES string of the molecule is CC(=O)O[C@H]1[C@H]2[C@H](OCc3ccccc3)[C@@H](OCc3ccccc3)CN2C[C@H]1OC(C)=O. The van der Waals surface area contributed by atoms with Crippen LogP contribution in [0.4, 0.5) is 0 Å². The van der Waals surface area contributed by atoms with Crippen LogP contribution in [0.2, 0.25) is 0 Å². The molecule has 7 nitrogen and oxygen atoms in total. The highest BCUT2D eigenvalue weighted by atomic mass is 16.6. The quantitative estimate of drug-likeness (QED) is 0.586. The molecule has 0 unspecified atom stereocenters. The Bertz CT molecular complexity index is 905. The monoisotopic (exact) mass is 439 g/mol. The van der Waals surface area contributed by atoms with Crippen LogP contribution in [-0.4, -0.2) is 60.4 Å². The van der Waals surface area contributed by atoms with Gasteiger partial charge in [-0.25, -0.2) is 0 Å². The predicted molar refractivity (Wildman–Crippen MR) is 117 cm³/mol. The second-order valence-corrected chi connectivity index (χ2v) is 8.26. The van der Waals surface area contributed by atoms with Crippen LogP contribution >= 0.6 is 0 Å². The topological polar surface area (TPSA) is 74.3 Å². The van der Waals surface area contributed by atoms with Crippen molar-refractivity contribution < 1.29 is 28.5 Å². The summed E-state index contributed by atoms with van der Waals surface area (Å²) in [6.45, 7) is 4.68. The number of carbonyl (C=O) groups is 2. The molecule has 0 saturated carbocycles. The number of rotatable bonds is 8. The average Bonchev–Trinajstić information content (AvgIpc) is 3.27. The van der Waals surface area contributed by atoms with E-state index in [0.717, 1.165) is 11.1 Å². The lowest BCUT2D eigenvalue weighted by Gasteiger charge is -2.29. The van der Waals surface area contributed by atoms with Crippen molar-refractivity contribution in [1.82, 2.24) is 4.90 Å². The summed E-state index contributed by atoms with van der Waals surface area (Å²) in [6.07, 6.45) is -1.69. The lowest BCUT2D eigenvalue weighted by molar-refractivity contribution is -0.166. The molecule has 0 N–H and O–H groups in total. The number of esters is 2. The van der Waals surface area contributed by atoms with E-state index in [2.05, 4.69) is 4.90 Å². The molecule has 2 aromatic rings. The molecule has 2 saturated heterocycles. The molecule has 0 aliphatic carbocycles. The maximum atomic E-state index is 11.8. The molecule has 0 aromatic heterocycles. The van der Waals surface area contributed by atoms with E-state index in [1.807, 2.05) is 60.7 Å². The Kier molecular flexibility index (Phi) is 7.19. The minimum Gasteiger partial charge on any atom is -0.457 e. The van der Waals surface area contributed by atoms with Crippen LogP contribution in [0.3, 0.4) is 0 Å². The fourth-order valence-electron chi connectivity index (χ4n) is 4.58. The fraction of sp³-hybridized carbons (Fsp3) is 0.440. The second kappa shape index (κ2) is 10.3. The minimum atomic E-state index is -0.609. The van der Waals surface area contributed by atoms with Gasteiger partial charge in [0.15, 0.2) is 12.2 Å². The van der Waals surface area contributed by atoms with E-state index in [-0.39, 0.29) is 18.2 Å². The highest BCUT2D eigenvalue weighted by Gasteiger charge is 2.57. The number of hydrogen-bond acceptors (Lipinski definition) is 7. The van der Waals surface area contributed by atoms with Crippen LogP contribution in [0, 0.1) is 0 Å². The lowest BCUT2D eigenvalue weighted by Crippen LogP contribution is -2.46. The predicted octanol–water partition coefficient (Wildman–Crippen LogP) is 2.72. The number of nitrogens with zero attached hydrogens (tertiary/aromatic N) is 1. The number of fused-ring (bicyclic) bond motifs is 1. The van der Waals surface area contributed by atoms with E-state index in [4.69, 9.17) is 18.9 Å². The van der Waals surface area contributed by atoms with Gasteiger partial charge in [-0.15, -0.1) is 0 Å². The molecule has 0 bridgehead atoms. The van der Waals surface area contributed by atoms with Gasteiger partial charge in [-0.2, -0.15) is 0 Å². The van der Waals surface area contributed by atoms with Gasteiger partial charge in [0.2, 0.25) is 0 Å². The van der Waals surface area contributed by atoms with Gasteiger partial charge in [-0.05, 0) is 11.1 Å². The third kappa shape index (κ3) is 5.35. The van der Waals surface area contributed by atoms with Crippen LogP contribution in [0.25, 0.3) is 0 Å².